The van der Waals surface area contributed by atoms with Crippen LogP contribution < -0.4 is 15.4 Å². The van der Waals surface area contributed by atoms with Crippen LogP contribution in [0.15, 0.2) is 48.7 Å². The molecule has 0 unspecified atom stereocenters. The Kier molecular flexibility index (Phi) is 5.96. The quantitative estimate of drug-likeness (QED) is 0.581. The lowest BCUT2D eigenvalue weighted by atomic mass is 10.2. The highest BCUT2D eigenvalue weighted by Crippen LogP contribution is 2.29. The summed E-state index contributed by atoms with van der Waals surface area (Å²) in [5.74, 6) is 1.14. The van der Waals surface area contributed by atoms with Gasteiger partial charge in [0.15, 0.2) is 0 Å². The first-order chi connectivity index (χ1) is 13.5. The molecule has 8 heteroatoms. The summed E-state index contributed by atoms with van der Waals surface area (Å²) in [4.78, 5) is 20.4. The predicted octanol–water partition coefficient (Wildman–Crippen LogP) is 4.72. The van der Waals surface area contributed by atoms with E-state index < -0.39 is 5.97 Å². The Morgan fingerprint density at radius 3 is 2.61 bits per heavy atom. The highest BCUT2D eigenvalue weighted by atomic mass is 35.5. The molecule has 0 saturated heterocycles. The third-order valence-electron chi connectivity index (χ3n) is 3.91. The topological polar surface area (TPSA) is 85.4 Å². The summed E-state index contributed by atoms with van der Waals surface area (Å²) >= 11 is 6.22. The van der Waals surface area contributed by atoms with E-state index in [0.717, 1.165) is 11.3 Å². The van der Waals surface area contributed by atoms with E-state index in [1.165, 1.54) is 7.11 Å². The zero-order valence-corrected chi connectivity index (χ0v) is 16.4. The molecule has 28 heavy (non-hydrogen) atoms. The Morgan fingerprint density at radius 1 is 1.04 bits per heavy atom. The van der Waals surface area contributed by atoms with Crippen LogP contribution in [0.5, 0.6) is 5.75 Å². The molecule has 0 aliphatic heterocycles. The minimum absolute atomic E-state index is 0.320. The largest absolute Gasteiger partial charge is 0.495 e. The van der Waals surface area contributed by atoms with Crippen LogP contribution in [-0.4, -0.2) is 30.2 Å². The Morgan fingerprint density at radius 2 is 1.86 bits per heavy atom. The number of halogens is 1. The van der Waals surface area contributed by atoms with E-state index in [2.05, 4.69) is 20.6 Å². The molecule has 0 bridgehead atoms. The minimum Gasteiger partial charge on any atom is -0.495 e. The molecule has 0 aliphatic carbocycles. The molecule has 0 aliphatic rings. The van der Waals surface area contributed by atoms with Crippen molar-refractivity contribution >= 4 is 40.7 Å². The Bertz CT molecular complexity index is 1010. The number of carbonyl (C=O) groups is 1. The Labute approximate surface area is 167 Å². The molecule has 7 nitrogen and oxygen atoms in total. The highest BCUT2D eigenvalue weighted by molar-refractivity contribution is 6.33. The monoisotopic (exact) mass is 398 g/mol. The number of carbonyl (C=O) groups excluding carboxylic acids is 1. The number of hydrogen-bond donors (Lipinski definition) is 2. The molecule has 2 N–H and O–H groups in total. The van der Waals surface area contributed by atoms with Gasteiger partial charge in [-0.3, -0.25) is 0 Å². The normalized spacial score (nSPS) is 10.3. The predicted molar refractivity (Wildman–Crippen MR) is 109 cm³/mol. The number of benzene rings is 2. The third kappa shape index (κ3) is 4.50. The average Bonchev–Trinajstić information content (AvgIpc) is 2.69. The molecule has 1 aromatic heterocycles. The van der Waals surface area contributed by atoms with Gasteiger partial charge in [-0.25, -0.2) is 9.78 Å². The highest BCUT2D eigenvalue weighted by Gasteiger charge is 2.11. The third-order valence-corrected chi connectivity index (χ3v) is 4.24. The molecule has 0 saturated carbocycles. The van der Waals surface area contributed by atoms with Crippen molar-refractivity contribution in [3.8, 4) is 5.75 Å². The number of esters is 1. The van der Waals surface area contributed by atoms with Crippen LogP contribution >= 0.6 is 11.6 Å². The van der Waals surface area contributed by atoms with Crippen LogP contribution in [0.3, 0.4) is 0 Å². The summed E-state index contributed by atoms with van der Waals surface area (Å²) in [7, 11) is 2.93. The first kappa shape index (κ1) is 19.4. The molecule has 144 valence electrons. The number of ether oxygens (including phenoxy) is 2. The van der Waals surface area contributed by atoms with E-state index in [-0.39, 0.29) is 0 Å². The summed E-state index contributed by atoms with van der Waals surface area (Å²) in [6.07, 6.45) is 1.61. The van der Waals surface area contributed by atoms with Crippen molar-refractivity contribution < 1.29 is 14.3 Å². The van der Waals surface area contributed by atoms with Crippen molar-refractivity contribution in [3.05, 3.63) is 64.8 Å². The summed E-state index contributed by atoms with van der Waals surface area (Å²) in [6, 6.07) is 12.3. The van der Waals surface area contributed by atoms with Crippen LogP contribution in [0, 0.1) is 6.92 Å². The first-order valence-corrected chi connectivity index (χ1v) is 8.77. The fraction of sp³-hybridized carbons (Fsp3) is 0.150. The molecule has 3 aromatic rings. The fourth-order valence-electron chi connectivity index (χ4n) is 2.53. The molecule has 3 rings (SSSR count). The molecular formula is C20H19ClN4O3. The lowest BCUT2D eigenvalue weighted by Crippen LogP contribution is -2.04. The molecule has 0 radical (unpaired) electrons. The maximum Gasteiger partial charge on any atom is 0.337 e. The van der Waals surface area contributed by atoms with Gasteiger partial charge < -0.3 is 20.1 Å². The zero-order chi connectivity index (χ0) is 20.1. The van der Waals surface area contributed by atoms with Crippen molar-refractivity contribution in [2.75, 3.05) is 24.9 Å². The Hall–Kier alpha value is -3.32. The molecule has 0 spiro atoms. The van der Waals surface area contributed by atoms with Gasteiger partial charge in [0.05, 0.1) is 36.2 Å². The van der Waals surface area contributed by atoms with Gasteiger partial charge in [-0.1, -0.05) is 17.7 Å². The number of methoxy groups -OCH3 is 2. The number of aryl methyl sites for hydroxylation is 1. The van der Waals surface area contributed by atoms with Crippen LogP contribution in [0.1, 0.15) is 15.9 Å². The van der Waals surface area contributed by atoms with Crippen molar-refractivity contribution in [1.29, 1.82) is 0 Å². The van der Waals surface area contributed by atoms with Crippen molar-refractivity contribution in [1.82, 2.24) is 9.97 Å². The average molecular weight is 399 g/mol. The number of nitrogens with one attached hydrogen (secondary N) is 2. The Balaban J connectivity index is 1.85. The lowest BCUT2D eigenvalue weighted by Gasteiger charge is -2.13. The first-order valence-electron chi connectivity index (χ1n) is 8.39. The molecule has 0 fully saturated rings. The second-order valence-electron chi connectivity index (χ2n) is 5.91. The summed E-state index contributed by atoms with van der Waals surface area (Å²) in [6.45, 7) is 1.99. The number of nitrogens with zero attached hydrogens (tertiary/aromatic N) is 2. The van der Waals surface area contributed by atoms with Crippen LogP contribution in [-0.2, 0) is 4.74 Å². The van der Waals surface area contributed by atoms with Crippen molar-refractivity contribution in [3.63, 3.8) is 0 Å². The van der Waals surface area contributed by atoms with Crippen LogP contribution in [0.4, 0.5) is 23.1 Å². The van der Waals surface area contributed by atoms with Crippen molar-refractivity contribution in [2.45, 2.75) is 6.92 Å². The molecular weight excluding hydrogens is 380 g/mol. The SMILES string of the molecule is COC(=O)c1ccc(Cl)c(Nc2nccc(Nc3cc(C)ccc3OC)n2)c1. The van der Waals surface area contributed by atoms with E-state index in [4.69, 9.17) is 21.1 Å². The van der Waals surface area contributed by atoms with Gasteiger partial charge in [0.1, 0.15) is 11.6 Å². The van der Waals surface area contributed by atoms with Gasteiger partial charge in [0, 0.05) is 6.20 Å². The summed E-state index contributed by atoms with van der Waals surface area (Å²) < 4.78 is 10.1. The van der Waals surface area contributed by atoms with Crippen LogP contribution in [0.25, 0.3) is 0 Å². The van der Waals surface area contributed by atoms with Crippen molar-refractivity contribution in [2.24, 2.45) is 0 Å². The maximum absolute atomic E-state index is 11.7. The van der Waals surface area contributed by atoms with Crippen LogP contribution in [0.2, 0.25) is 5.02 Å². The summed E-state index contributed by atoms with van der Waals surface area (Å²) in [5.41, 5.74) is 2.74. The van der Waals surface area contributed by atoms with Gasteiger partial charge in [-0.15, -0.1) is 0 Å². The molecule has 1 heterocycles. The van der Waals surface area contributed by atoms with Gasteiger partial charge in [-0.05, 0) is 48.9 Å². The van der Waals surface area contributed by atoms with Gasteiger partial charge in [-0.2, -0.15) is 4.98 Å². The van der Waals surface area contributed by atoms with E-state index in [1.807, 2.05) is 25.1 Å². The fourth-order valence-corrected chi connectivity index (χ4v) is 2.70. The second kappa shape index (κ2) is 8.58. The number of hydrogen-bond acceptors (Lipinski definition) is 7. The second-order valence-corrected chi connectivity index (χ2v) is 6.31. The zero-order valence-electron chi connectivity index (χ0n) is 15.6. The number of aromatic nitrogens is 2. The smallest absolute Gasteiger partial charge is 0.337 e. The van der Waals surface area contributed by atoms with E-state index >= 15 is 0 Å². The molecule has 2 aromatic carbocycles. The number of anilines is 4. The van der Waals surface area contributed by atoms with Gasteiger partial charge in [0.25, 0.3) is 0 Å². The maximum atomic E-state index is 11.7. The van der Waals surface area contributed by atoms with Gasteiger partial charge in [0.2, 0.25) is 5.95 Å². The molecule has 0 amide bonds. The van der Waals surface area contributed by atoms with E-state index in [0.29, 0.717) is 33.8 Å². The summed E-state index contributed by atoms with van der Waals surface area (Å²) in [5, 5.41) is 6.67. The van der Waals surface area contributed by atoms with E-state index in [1.54, 1.807) is 37.6 Å². The number of rotatable bonds is 6. The standard InChI is InChI=1S/C20H19ClN4O3/c1-12-4-7-17(27-2)16(10-12)23-18-8-9-22-20(25-18)24-15-11-13(19(26)28-3)5-6-14(15)21/h4-11H,1-3H3,(H2,22,23,24,25). The van der Waals surface area contributed by atoms with Gasteiger partial charge >= 0.3 is 5.97 Å². The minimum atomic E-state index is -0.456. The lowest BCUT2D eigenvalue weighted by molar-refractivity contribution is 0.0601. The molecule has 0 atom stereocenters. The van der Waals surface area contributed by atoms with E-state index in [9.17, 15) is 4.79 Å².